The molecule has 0 atom stereocenters. The van der Waals surface area contributed by atoms with Crippen molar-refractivity contribution in [2.45, 2.75) is 65.8 Å². The average molecular weight is 338 g/mol. The highest BCUT2D eigenvalue weighted by atomic mass is 16.3. The number of unbranched alkanes of at least 4 members (excludes halogenated alkanes) is 2. The van der Waals surface area contributed by atoms with Crippen LogP contribution in [0.15, 0.2) is 14.7 Å². The van der Waals surface area contributed by atoms with Crippen molar-refractivity contribution in [1.82, 2.24) is 15.0 Å². The number of hydrazone groups is 1. The molecule has 0 saturated carbocycles. The molecule has 0 bridgehead atoms. The monoisotopic (exact) mass is 338 g/mol. The van der Waals surface area contributed by atoms with Gasteiger partial charge < -0.3 is 5.11 Å². The second kappa shape index (κ2) is 9.69. The van der Waals surface area contributed by atoms with Crippen molar-refractivity contribution in [1.29, 1.82) is 0 Å². The molecule has 0 aliphatic heterocycles. The molecule has 0 unspecified atom stereocenters. The Bertz CT molecular complexity index is 703. The van der Waals surface area contributed by atoms with E-state index < -0.39 is 17.1 Å². The topological polar surface area (TPSA) is 117 Å². The third-order valence-electron chi connectivity index (χ3n) is 3.60. The summed E-state index contributed by atoms with van der Waals surface area (Å²) in [6.45, 7) is 5.98. The van der Waals surface area contributed by atoms with Gasteiger partial charge in [-0.15, -0.1) is 0 Å². The van der Waals surface area contributed by atoms with Crippen LogP contribution in [-0.4, -0.2) is 26.3 Å². The minimum Gasteiger partial charge on any atom is -0.494 e. The third-order valence-corrected chi connectivity index (χ3v) is 3.60. The van der Waals surface area contributed by atoms with Gasteiger partial charge in [-0.3, -0.25) is 19.1 Å². The third kappa shape index (κ3) is 5.07. The smallest absolute Gasteiger partial charge is 0.331 e. The fourth-order valence-electron chi connectivity index (χ4n) is 2.18. The summed E-state index contributed by atoms with van der Waals surface area (Å²) >= 11 is 0. The van der Waals surface area contributed by atoms with Gasteiger partial charge in [0.1, 0.15) is 5.56 Å². The number of carbonyl (C=O) groups is 1. The van der Waals surface area contributed by atoms with Gasteiger partial charge in [0.2, 0.25) is 11.8 Å². The number of carbonyl (C=O) groups excluding carboxylic acids is 1. The molecule has 0 radical (unpaired) electrons. The number of H-pyrrole nitrogens is 1. The second-order valence-corrected chi connectivity index (χ2v) is 5.51. The van der Waals surface area contributed by atoms with Crippen molar-refractivity contribution < 1.29 is 9.90 Å². The Labute approximate surface area is 140 Å². The largest absolute Gasteiger partial charge is 0.494 e. The molecule has 8 nitrogen and oxygen atoms in total. The first-order valence-corrected chi connectivity index (χ1v) is 8.38. The van der Waals surface area contributed by atoms with Gasteiger partial charge in [0, 0.05) is 13.0 Å². The summed E-state index contributed by atoms with van der Waals surface area (Å²) in [4.78, 5) is 37.8. The molecule has 1 rings (SSSR count). The van der Waals surface area contributed by atoms with Gasteiger partial charge in [-0.05, 0) is 19.3 Å². The molecule has 0 aliphatic carbocycles. The van der Waals surface area contributed by atoms with E-state index in [1.54, 1.807) is 6.92 Å². The van der Waals surface area contributed by atoms with Crippen LogP contribution >= 0.6 is 0 Å². The number of aromatic amines is 1. The summed E-state index contributed by atoms with van der Waals surface area (Å²) < 4.78 is 1.12. The van der Waals surface area contributed by atoms with E-state index in [2.05, 4.69) is 15.5 Å². The lowest BCUT2D eigenvalue weighted by Crippen LogP contribution is -2.34. The van der Waals surface area contributed by atoms with Crippen LogP contribution in [0, 0.1) is 0 Å². The van der Waals surface area contributed by atoms with E-state index in [0.29, 0.717) is 25.8 Å². The number of aromatic nitrogens is 2. The molecule has 0 fully saturated rings. The van der Waals surface area contributed by atoms with E-state index in [4.69, 9.17) is 0 Å². The maximum absolute atomic E-state index is 12.1. The van der Waals surface area contributed by atoms with Crippen molar-refractivity contribution in [2.24, 2.45) is 5.10 Å². The maximum atomic E-state index is 12.1. The SMILES string of the molecule is CCCCC(=O)N/N=C(\CC)c1c(O)n(CCCC)c(=O)[nH]c1=O. The lowest BCUT2D eigenvalue weighted by Gasteiger charge is -2.12. The summed E-state index contributed by atoms with van der Waals surface area (Å²) in [7, 11) is 0. The van der Waals surface area contributed by atoms with Crippen LogP contribution in [-0.2, 0) is 11.3 Å². The number of rotatable bonds is 9. The van der Waals surface area contributed by atoms with Crippen molar-refractivity contribution in [3.05, 3.63) is 26.4 Å². The standard InChI is InChI=1S/C16H26N4O4/c1-4-7-9-12(21)19-18-11(6-3)13-14(22)17-16(24)20(15(13)23)10-8-5-2/h23H,4-10H2,1-3H3,(H,19,21)(H,17,22,24)/b18-11+. The Hall–Kier alpha value is -2.38. The first-order valence-electron chi connectivity index (χ1n) is 8.38. The van der Waals surface area contributed by atoms with Crippen molar-refractivity contribution in [3.8, 4) is 5.88 Å². The maximum Gasteiger partial charge on any atom is 0.331 e. The number of nitrogens with one attached hydrogen (secondary N) is 2. The number of amides is 1. The molecule has 0 aromatic carbocycles. The summed E-state index contributed by atoms with van der Waals surface area (Å²) in [5.41, 5.74) is 1.17. The van der Waals surface area contributed by atoms with E-state index in [1.165, 1.54) is 0 Å². The number of nitrogens with zero attached hydrogens (tertiary/aromatic N) is 2. The number of aromatic hydroxyl groups is 1. The van der Waals surface area contributed by atoms with Gasteiger partial charge in [0.25, 0.3) is 5.56 Å². The van der Waals surface area contributed by atoms with Crippen LogP contribution in [0.3, 0.4) is 0 Å². The van der Waals surface area contributed by atoms with Gasteiger partial charge in [-0.1, -0.05) is 33.6 Å². The van der Waals surface area contributed by atoms with Crippen molar-refractivity contribution in [3.63, 3.8) is 0 Å². The lowest BCUT2D eigenvalue weighted by atomic mass is 10.1. The van der Waals surface area contributed by atoms with Gasteiger partial charge in [0.15, 0.2) is 0 Å². The van der Waals surface area contributed by atoms with Crippen LogP contribution in [0.2, 0.25) is 0 Å². The molecule has 1 amide bonds. The fourth-order valence-corrected chi connectivity index (χ4v) is 2.18. The van der Waals surface area contributed by atoms with Crippen LogP contribution < -0.4 is 16.7 Å². The summed E-state index contributed by atoms with van der Waals surface area (Å²) in [6, 6.07) is 0. The molecule has 1 heterocycles. The van der Waals surface area contributed by atoms with Gasteiger partial charge in [-0.25, -0.2) is 10.2 Å². The molecule has 1 aromatic rings. The molecule has 24 heavy (non-hydrogen) atoms. The molecule has 1 aromatic heterocycles. The summed E-state index contributed by atoms with van der Waals surface area (Å²) in [5.74, 6) is -0.668. The number of hydrogen-bond donors (Lipinski definition) is 3. The average Bonchev–Trinajstić information content (AvgIpc) is 2.55. The molecule has 3 N–H and O–H groups in total. The predicted octanol–water partition coefficient (Wildman–Crippen LogP) is 1.46. The summed E-state index contributed by atoms with van der Waals surface area (Å²) in [6.07, 6.45) is 3.82. The predicted molar refractivity (Wildman–Crippen MR) is 92.4 cm³/mol. The van der Waals surface area contributed by atoms with Gasteiger partial charge >= 0.3 is 5.69 Å². The molecular weight excluding hydrogens is 312 g/mol. The zero-order chi connectivity index (χ0) is 18.1. The fraction of sp³-hybridized carbons (Fsp3) is 0.625. The van der Waals surface area contributed by atoms with E-state index in [1.807, 2.05) is 13.8 Å². The van der Waals surface area contributed by atoms with E-state index in [0.717, 1.165) is 23.8 Å². The Morgan fingerprint density at radius 2 is 1.88 bits per heavy atom. The highest BCUT2D eigenvalue weighted by Crippen LogP contribution is 2.13. The lowest BCUT2D eigenvalue weighted by molar-refractivity contribution is -0.121. The Balaban J connectivity index is 3.19. The normalized spacial score (nSPS) is 11.5. The minimum absolute atomic E-state index is 0.0796. The summed E-state index contributed by atoms with van der Waals surface area (Å²) in [5, 5.41) is 14.3. The Kier molecular flexibility index (Phi) is 7.94. The molecule has 8 heteroatoms. The highest BCUT2D eigenvalue weighted by molar-refractivity contribution is 6.02. The quantitative estimate of drug-likeness (QED) is 0.467. The molecule has 0 spiro atoms. The minimum atomic E-state index is -0.714. The van der Waals surface area contributed by atoms with Crippen LogP contribution in [0.25, 0.3) is 0 Å². The molecule has 0 aliphatic rings. The van der Waals surface area contributed by atoms with E-state index in [9.17, 15) is 19.5 Å². The van der Waals surface area contributed by atoms with Gasteiger partial charge in [0.05, 0.1) is 5.71 Å². The number of hydrogen-bond acceptors (Lipinski definition) is 5. The first kappa shape index (κ1) is 19.7. The van der Waals surface area contributed by atoms with Crippen molar-refractivity contribution in [2.75, 3.05) is 0 Å². The molecule has 0 saturated heterocycles. The zero-order valence-corrected chi connectivity index (χ0v) is 14.5. The Morgan fingerprint density at radius 3 is 2.46 bits per heavy atom. The zero-order valence-electron chi connectivity index (χ0n) is 14.5. The molecule has 134 valence electrons. The van der Waals surface area contributed by atoms with E-state index >= 15 is 0 Å². The second-order valence-electron chi connectivity index (χ2n) is 5.51. The highest BCUT2D eigenvalue weighted by Gasteiger charge is 2.18. The Morgan fingerprint density at radius 1 is 1.21 bits per heavy atom. The van der Waals surface area contributed by atoms with E-state index in [-0.39, 0.29) is 17.2 Å². The van der Waals surface area contributed by atoms with Crippen molar-refractivity contribution >= 4 is 11.6 Å². The van der Waals surface area contributed by atoms with Crippen LogP contribution in [0.4, 0.5) is 0 Å². The van der Waals surface area contributed by atoms with Gasteiger partial charge in [-0.2, -0.15) is 5.10 Å². The van der Waals surface area contributed by atoms with Crippen LogP contribution in [0.1, 0.15) is 64.9 Å². The first-order chi connectivity index (χ1) is 11.5. The van der Waals surface area contributed by atoms with Crippen LogP contribution in [0.5, 0.6) is 5.88 Å². The molecular formula is C16H26N4O4.